The number of aromatic hydroxyl groups is 1. The maximum absolute atomic E-state index is 13.2. The highest BCUT2D eigenvalue weighted by atomic mass is 16.4. The molecule has 9 N–H and O–H groups in total. The number of rotatable bonds is 14. The summed E-state index contributed by atoms with van der Waals surface area (Å²) in [6, 6.07) is 0.874. The number of carbonyl (C=O) groups is 4. The van der Waals surface area contributed by atoms with Crippen molar-refractivity contribution < 1.29 is 34.5 Å². The van der Waals surface area contributed by atoms with E-state index in [9.17, 15) is 34.5 Å². The highest BCUT2D eigenvalue weighted by Crippen LogP contribution is 2.12. The average Bonchev–Trinajstić information content (AvgIpc) is 3.35. The number of carboxylic acids is 1. The molecule has 2 aromatic rings. The molecule has 5 atom stereocenters. The Balaban J connectivity index is 2.16. The highest BCUT2D eigenvalue weighted by Gasteiger charge is 2.33. The Kier molecular flexibility index (Phi) is 11.2. The van der Waals surface area contributed by atoms with Gasteiger partial charge in [0.25, 0.3) is 0 Å². The van der Waals surface area contributed by atoms with E-state index in [1.165, 1.54) is 43.7 Å². The fourth-order valence-corrected chi connectivity index (χ4v) is 3.71. The van der Waals surface area contributed by atoms with Crippen LogP contribution in [-0.4, -0.2) is 79.2 Å². The van der Waals surface area contributed by atoms with Gasteiger partial charge in [-0.2, -0.15) is 0 Å². The Labute approximate surface area is 220 Å². The number of imidazole rings is 1. The van der Waals surface area contributed by atoms with Gasteiger partial charge in [-0.3, -0.25) is 14.4 Å². The molecule has 13 nitrogen and oxygen atoms in total. The molecule has 0 spiro atoms. The first-order valence-electron chi connectivity index (χ1n) is 12.2. The lowest BCUT2D eigenvalue weighted by molar-refractivity contribution is -0.143. The van der Waals surface area contributed by atoms with Crippen molar-refractivity contribution in [3.05, 3.63) is 48.0 Å². The number of phenols is 1. The molecule has 5 unspecified atom stereocenters. The molecular formula is C25H36N6O7. The number of aliphatic hydroxyl groups excluding tert-OH is 1. The van der Waals surface area contributed by atoms with Gasteiger partial charge in [0.1, 0.15) is 23.9 Å². The number of hydrogen-bond donors (Lipinski definition) is 8. The summed E-state index contributed by atoms with van der Waals surface area (Å²) in [6.07, 6.45) is 1.77. The van der Waals surface area contributed by atoms with Gasteiger partial charge >= 0.3 is 5.97 Å². The number of aliphatic carboxylic acids is 1. The molecule has 0 aliphatic heterocycles. The van der Waals surface area contributed by atoms with Gasteiger partial charge in [-0.25, -0.2) is 9.78 Å². The molecule has 0 bridgehead atoms. The second-order valence-corrected chi connectivity index (χ2v) is 9.58. The van der Waals surface area contributed by atoms with Crippen LogP contribution >= 0.6 is 0 Å². The Morgan fingerprint density at radius 3 is 2.11 bits per heavy atom. The van der Waals surface area contributed by atoms with Crippen LogP contribution in [0.4, 0.5) is 0 Å². The minimum atomic E-state index is -1.52. The number of nitrogens with zero attached hydrogens (tertiary/aromatic N) is 1. The number of aromatic amines is 1. The third-order valence-corrected chi connectivity index (χ3v) is 5.73. The summed E-state index contributed by atoms with van der Waals surface area (Å²) in [7, 11) is 0. The summed E-state index contributed by atoms with van der Waals surface area (Å²) in [5.74, 6) is -3.45. The summed E-state index contributed by atoms with van der Waals surface area (Å²) >= 11 is 0. The van der Waals surface area contributed by atoms with Crippen molar-refractivity contribution in [3.8, 4) is 5.75 Å². The Morgan fingerprint density at radius 2 is 1.58 bits per heavy atom. The molecule has 0 aliphatic rings. The number of carboxylic acid groups (broad SMARTS) is 1. The van der Waals surface area contributed by atoms with E-state index in [-0.39, 0.29) is 24.5 Å². The number of phenolic OH excluding ortho intramolecular Hbond substituents is 1. The van der Waals surface area contributed by atoms with Gasteiger partial charge in [-0.05, 0) is 37.0 Å². The third-order valence-electron chi connectivity index (χ3n) is 5.73. The molecule has 1 aromatic heterocycles. The summed E-state index contributed by atoms with van der Waals surface area (Å²) in [4.78, 5) is 57.3. The average molecular weight is 533 g/mol. The minimum Gasteiger partial charge on any atom is -0.508 e. The van der Waals surface area contributed by atoms with E-state index in [0.717, 1.165) is 0 Å². The van der Waals surface area contributed by atoms with Crippen LogP contribution in [-0.2, 0) is 32.0 Å². The van der Waals surface area contributed by atoms with Crippen LogP contribution in [0.1, 0.15) is 38.4 Å². The van der Waals surface area contributed by atoms with Crippen molar-refractivity contribution >= 4 is 23.7 Å². The molecule has 3 amide bonds. The third kappa shape index (κ3) is 9.48. The quantitative estimate of drug-likeness (QED) is 0.152. The first-order valence-corrected chi connectivity index (χ1v) is 12.2. The number of carbonyl (C=O) groups excluding carboxylic acids is 3. The monoisotopic (exact) mass is 532 g/mol. The van der Waals surface area contributed by atoms with Crippen LogP contribution in [0.25, 0.3) is 0 Å². The largest absolute Gasteiger partial charge is 0.508 e. The molecule has 1 aromatic carbocycles. The zero-order valence-electron chi connectivity index (χ0n) is 21.5. The molecule has 0 radical (unpaired) electrons. The standard InChI is InChI=1S/C25H36N6O7/c1-13(2)8-18(26)22(34)29-19(10-16-11-27-12-28-16)23(35)31-21(14(3)32)24(36)30-20(25(37)38)9-15-4-6-17(33)7-5-15/h4-7,11-14,18-21,32-33H,8-10,26H2,1-3H3,(H,27,28)(H,29,34)(H,30,36)(H,31,35)(H,37,38). The number of aromatic nitrogens is 2. The number of nitrogens with two attached hydrogens (primary N) is 1. The van der Waals surface area contributed by atoms with Gasteiger partial charge in [-0.1, -0.05) is 26.0 Å². The predicted octanol–water partition coefficient (Wildman–Crippen LogP) is -0.806. The van der Waals surface area contributed by atoms with Gasteiger partial charge in [0.15, 0.2) is 0 Å². The van der Waals surface area contributed by atoms with Gasteiger partial charge in [-0.15, -0.1) is 0 Å². The maximum Gasteiger partial charge on any atom is 0.326 e. The normalized spacial score (nSPS) is 15.1. The lowest BCUT2D eigenvalue weighted by atomic mass is 10.0. The Morgan fingerprint density at radius 1 is 0.947 bits per heavy atom. The number of benzene rings is 1. The Bertz CT molecular complexity index is 1070. The van der Waals surface area contributed by atoms with Crippen molar-refractivity contribution in [3.63, 3.8) is 0 Å². The minimum absolute atomic E-state index is 0.00127. The molecule has 1 heterocycles. The lowest BCUT2D eigenvalue weighted by Crippen LogP contribution is -2.60. The second-order valence-electron chi connectivity index (χ2n) is 9.58. The number of H-pyrrole nitrogens is 1. The Hall–Kier alpha value is -3.97. The van der Waals surface area contributed by atoms with E-state index in [0.29, 0.717) is 17.7 Å². The zero-order valence-corrected chi connectivity index (χ0v) is 21.5. The van der Waals surface area contributed by atoms with Crippen LogP contribution in [0.15, 0.2) is 36.8 Å². The summed E-state index contributed by atoms with van der Waals surface area (Å²) in [6.45, 7) is 5.07. The predicted molar refractivity (Wildman–Crippen MR) is 137 cm³/mol. The van der Waals surface area contributed by atoms with E-state index >= 15 is 0 Å². The van der Waals surface area contributed by atoms with Gasteiger partial charge in [0.2, 0.25) is 17.7 Å². The molecule has 0 fully saturated rings. The first kappa shape index (κ1) is 30.3. The SMILES string of the molecule is CC(C)CC(N)C(=O)NC(Cc1cnc[nH]1)C(=O)NC(C(=O)NC(Cc1ccc(O)cc1)C(=O)O)C(C)O. The number of hydrogen-bond acceptors (Lipinski definition) is 8. The van der Waals surface area contributed by atoms with Crippen molar-refractivity contribution in [2.24, 2.45) is 11.7 Å². The molecule has 2 rings (SSSR count). The molecule has 0 saturated carbocycles. The van der Waals surface area contributed by atoms with Gasteiger partial charge < -0.3 is 42.0 Å². The van der Waals surface area contributed by atoms with Crippen molar-refractivity contribution in [2.75, 3.05) is 0 Å². The topological polar surface area (TPSA) is 220 Å². The highest BCUT2D eigenvalue weighted by molar-refractivity contribution is 5.94. The molecule has 13 heteroatoms. The van der Waals surface area contributed by atoms with E-state index < -0.39 is 54.0 Å². The van der Waals surface area contributed by atoms with Crippen molar-refractivity contribution in [1.82, 2.24) is 25.9 Å². The molecule has 208 valence electrons. The summed E-state index contributed by atoms with van der Waals surface area (Å²) in [5.41, 5.74) is 7.02. The van der Waals surface area contributed by atoms with E-state index in [1.54, 1.807) is 0 Å². The summed E-state index contributed by atoms with van der Waals surface area (Å²) < 4.78 is 0. The van der Waals surface area contributed by atoms with E-state index in [1.807, 2.05) is 13.8 Å². The fraction of sp³-hybridized carbons (Fsp3) is 0.480. The summed E-state index contributed by atoms with van der Waals surface area (Å²) in [5, 5.41) is 36.6. The fourth-order valence-electron chi connectivity index (χ4n) is 3.71. The lowest BCUT2D eigenvalue weighted by Gasteiger charge is -2.26. The maximum atomic E-state index is 13.2. The van der Waals surface area contributed by atoms with Gasteiger partial charge in [0.05, 0.1) is 18.5 Å². The zero-order chi connectivity index (χ0) is 28.4. The smallest absolute Gasteiger partial charge is 0.326 e. The molecule has 38 heavy (non-hydrogen) atoms. The van der Waals surface area contributed by atoms with E-state index in [2.05, 4.69) is 25.9 Å². The molecular weight excluding hydrogens is 496 g/mol. The van der Waals surface area contributed by atoms with Crippen LogP contribution in [0.5, 0.6) is 5.75 Å². The van der Waals surface area contributed by atoms with Crippen LogP contribution < -0.4 is 21.7 Å². The van der Waals surface area contributed by atoms with Crippen LogP contribution in [0.3, 0.4) is 0 Å². The van der Waals surface area contributed by atoms with Gasteiger partial charge in [0, 0.05) is 24.7 Å². The first-order chi connectivity index (χ1) is 17.9. The number of nitrogens with one attached hydrogen (secondary N) is 4. The molecule has 0 aliphatic carbocycles. The number of aliphatic hydroxyl groups is 1. The van der Waals surface area contributed by atoms with Crippen molar-refractivity contribution in [2.45, 2.75) is 70.3 Å². The van der Waals surface area contributed by atoms with E-state index in [4.69, 9.17) is 5.73 Å². The number of amides is 3. The molecule has 0 saturated heterocycles. The van der Waals surface area contributed by atoms with Crippen LogP contribution in [0, 0.1) is 5.92 Å². The van der Waals surface area contributed by atoms with Crippen LogP contribution in [0.2, 0.25) is 0 Å². The second kappa shape index (κ2) is 14.1. The van der Waals surface area contributed by atoms with Crippen molar-refractivity contribution in [1.29, 1.82) is 0 Å².